The third-order valence-corrected chi connectivity index (χ3v) is 3.54. The van der Waals surface area contributed by atoms with Crippen molar-refractivity contribution >= 4 is 29.9 Å². The molecule has 1 unspecified atom stereocenters. The summed E-state index contributed by atoms with van der Waals surface area (Å²) in [5.41, 5.74) is -0.0507. The van der Waals surface area contributed by atoms with Gasteiger partial charge in [-0.1, -0.05) is 30.3 Å². The average molecular weight is 403 g/mol. The largest absolute Gasteiger partial charge is 0.384 e. The minimum absolute atomic E-state index is 0. The van der Waals surface area contributed by atoms with Crippen LogP contribution < -0.4 is 10.6 Å². The highest BCUT2D eigenvalue weighted by Crippen LogP contribution is 2.27. The zero-order valence-corrected chi connectivity index (χ0v) is 15.1. The second kappa shape index (κ2) is 8.58. The van der Waals surface area contributed by atoms with Crippen LogP contribution in [0.25, 0.3) is 0 Å². The summed E-state index contributed by atoms with van der Waals surface area (Å²) in [6.07, 6.45) is 2.63. The number of nitrogens with one attached hydrogen (secondary N) is 2. The Morgan fingerprint density at radius 3 is 2.52 bits per heavy atom. The van der Waals surface area contributed by atoms with Crippen molar-refractivity contribution in [2.45, 2.75) is 32.3 Å². The third-order valence-electron chi connectivity index (χ3n) is 3.54. The van der Waals surface area contributed by atoms with Gasteiger partial charge in [0.2, 0.25) is 0 Å². The summed E-state index contributed by atoms with van der Waals surface area (Å²) in [6.45, 7) is 5.99. The van der Waals surface area contributed by atoms with Crippen LogP contribution in [0.2, 0.25) is 0 Å². The summed E-state index contributed by atoms with van der Waals surface area (Å²) in [4.78, 5) is 4.51. The Hall–Kier alpha value is -0.820. The highest BCUT2D eigenvalue weighted by molar-refractivity contribution is 14.0. The van der Waals surface area contributed by atoms with E-state index < -0.39 is 5.60 Å². The Morgan fingerprint density at radius 2 is 1.95 bits per heavy atom. The lowest BCUT2D eigenvalue weighted by atomic mass is 9.96. The molecule has 1 saturated carbocycles. The molecule has 1 aromatic carbocycles. The minimum Gasteiger partial charge on any atom is -0.384 e. The second-order valence-electron chi connectivity index (χ2n) is 5.66. The number of aliphatic imine (C=N–C) groups is 1. The van der Waals surface area contributed by atoms with Crippen LogP contribution in [-0.2, 0) is 5.60 Å². The van der Waals surface area contributed by atoms with E-state index in [0.29, 0.717) is 6.54 Å². The summed E-state index contributed by atoms with van der Waals surface area (Å²) in [6, 6.07) is 9.68. The van der Waals surface area contributed by atoms with Gasteiger partial charge in [0.1, 0.15) is 5.60 Å². The normalized spacial score (nSPS) is 17.6. The molecular weight excluding hydrogens is 377 g/mol. The van der Waals surface area contributed by atoms with Gasteiger partial charge in [-0.2, -0.15) is 0 Å². The van der Waals surface area contributed by atoms with Crippen molar-refractivity contribution in [3.63, 3.8) is 0 Å². The number of hydrogen-bond donors (Lipinski definition) is 3. The molecule has 0 aliphatic heterocycles. The lowest BCUT2D eigenvalue weighted by Gasteiger charge is -2.22. The van der Waals surface area contributed by atoms with Gasteiger partial charge in [0.05, 0.1) is 6.54 Å². The van der Waals surface area contributed by atoms with Crippen molar-refractivity contribution in [3.8, 4) is 0 Å². The van der Waals surface area contributed by atoms with Crippen molar-refractivity contribution in [2.75, 3.05) is 19.6 Å². The van der Waals surface area contributed by atoms with Gasteiger partial charge in [-0.25, -0.2) is 4.99 Å². The molecule has 0 spiro atoms. The molecule has 1 fully saturated rings. The summed E-state index contributed by atoms with van der Waals surface area (Å²) in [5, 5.41) is 17.1. The second-order valence-corrected chi connectivity index (χ2v) is 5.66. The molecule has 0 radical (unpaired) electrons. The number of benzene rings is 1. The lowest BCUT2D eigenvalue weighted by molar-refractivity contribution is 0.0672. The monoisotopic (exact) mass is 403 g/mol. The van der Waals surface area contributed by atoms with Crippen LogP contribution in [0.3, 0.4) is 0 Å². The quantitative estimate of drug-likeness (QED) is 0.389. The molecular formula is C16H26IN3O. The molecule has 0 aromatic heterocycles. The van der Waals surface area contributed by atoms with Gasteiger partial charge in [0.15, 0.2) is 5.96 Å². The number of nitrogens with zero attached hydrogens (tertiary/aromatic N) is 1. The Morgan fingerprint density at radius 1 is 1.29 bits per heavy atom. The van der Waals surface area contributed by atoms with Crippen LogP contribution in [-0.4, -0.2) is 30.7 Å². The van der Waals surface area contributed by atoms with E-state index in [1.54, 1.807) is 6.92 Å². The lowest BCUT2D eigenvalue weighted by Crippen LogP contribution is -2.39. The van der Waals surface area contributed by atoms with Crippen LogP contribution in [0.15, 0.2) is 35.3 Å². The molecule has 1 atom stereocenters. The molecule has 2 rings (SSSR count). The maximum absolute atomic E-state index is 10.5. The summed E-state index contributed by atoms with van der Waals surface area (Å²) in [5.74, 6) is 1.59. The van der Waals surface area contributed by atoms with Crippen LogP contribution in [0, 0.1) is 5.92 Å². The Labute approximate surface area is 144 Å². The highest BCUT2D eigenvalue weighted by atomic mass is 127. The molecule has 21 heavy (non-hydrogen) atoms. The smallest absolute Gasteiger partial charge is 0.191 e. The van der Waals surface area contributed by atoms with Gasteiger partial charge in [0, 0.05) is 13.1 Å². The summed E-state index contributed by atoms with van der Waals surface area (Å²) < 4.78 is 0. The fraction of sp³-hybridized carbons (Fsp3) is 0.562. The number of aliphatic hydroxyl groups is 1. The third kappa shape index (κ3) is 6.22. The molecule has 4 nitrogen and oxygen atoms in total. The molecule has 1 aliphatic carbocycles. The predicted molar refractivity (Wildman–Crippen MR) is 98.1 cm³/mol. The maximum Gasteiger partial charge on any atom is 0.191 e. The fourth-order valence-corrected chi connectivity index (χ4v) is 2.03. The molecule has 0 heterocycles. The average Bonchev–Trinajstić information content (AvgIpc) is 3.27. The Kier molecular flexibility index (Phi) is 7.45. The first-order chi connectivity index (χ1) is 9.62. The van der Waals surface area contributed by atoms with E-state index in [4.69, 9.17) is 0 Å². The molecule has 1 aromatic rings. The van der Waals surface area contributed by atoms with Crippen LogP contribution >= 0.6 is 24.0 Å². The van der Waals surface area contributed by atoms with Gasteiger partial charge < -0.3 is 15.7 Å². The van der Waals surface area contributed by atoms with Gasteiger partial charge in [-0.3, -0.25) is 0 Å². The standard InChI is InChI=1S/C16H25N3O.HI/c1-3-17-15(18-11-13-9-10-13)19-12-16(2,20)14-7-5-4-6-8-14;/h4-8,13,20H,3,9-12H2,1-2H3,(H2,17,18,19);1H. The number of guanidine groups is 1. The van der Waals surface area contributed by atoms with E-state index in [0.717, 1.165) is 30.5 Å². The van der Waals surface area contributed by atoms with Crippen molar-refractivity contribution in [1.29, 1.82) is 0 Å². The van der Waals surface area contributed by atoms with Gasteiger partial charge in [-0.05, 0) is 38.2 Å². The van der Waals surface area contributed by atoms with Gasteiger partial charge in [0.25, 0.3) is 0 Å². The first kappa shape index (κ1) is 18.2. The molecule has 0 saturated heterocycles. The van der Waals surface area contributed by atoms with Crippen LogP contribution in [0.4, 0.5) is 0 Å². The zero-order valence-electron chi connectivity index (χ0n) is 12.8. The van der Waals surface area contributed by atoms with Gasteiger partial charge >= 0.3 is 0 Å². The van der Waals surface area contributed by atoms with E-state index in [2.05, 4.69) is 15.6 Å². The van der Waals surface area contributed by atoms with Gasteiger partial charge in [-0.15, -0.1) is 24.0 Å². The van der Waals surface area contributed by atoms with E-state index in [9.17, 15) is 5.11 Å². The first-order valence-electron chi connectivity index (χ1n) is 7.42. The van der Waals surface area contributed by atoms with Crippen molar-refractivity contribution in [3.05, 3.63) is 35.9 Å². The molecule has 5 heteroatoms. The SMILES string of the molecule is CCNC(=NCC(C)(O)c1ccccc1)NCC1CC1.I. The van der Waals surface area contributed by atoms with Crippen LogP contribution in [0.1, 0.15) is 32.3 Å². The highest BCUT2D eigenvalue weighted by Gasteiger charge is 2.23. The predicted octanol–water partition coefficient (Wildman–Crippen LogP) is 2.48. The van der Waals surface area contributed by atoms with E-state index in [1.165, 1.54) is 12.8 Å². The van der Waals surface area contributed by atoms with Crippen molar-refractivity contribution in [2.24, 2.45) is 10.9 Å². The zero-order chi connectivity index (χ0) is 14.4. The van der Waals surface area contributed by atoms with E-state index in [-0.39, 0.29) is 24.0 Å². The number of halogens is 1. The molecule has 3 N–H and O–H groups in total. The van der Waals surface area contributed by atoms with E-state index >= 15 is 0 Å². The molecule has 0 amide bonds. The fourth-order valence-electron chi connectivity index (χ4n) is 2.03. The minimum atomic E-state index is -0.941. The summed E-state index contributed by atoms with van der Waals surface area (Å²) >= 11 is 0. The number of rotatable bonds is 6. The summed E-state index contributed by atoms with van der Waals surface area (Å²) in [7, 11) is 0. The molecule has 1 aliphatic rings. The Bertz CT molecular complexity index is 444. The van der Waals surface area contributed by atoms with E-state index in [1.807, 2.05) is 37.3 Å². The Balaban J connectivity index is 0.00000220. The molecule has 118 valence electrons. The topological polar surface area (TPSA) is 56.7 Å². The van der Waals surface area contributed by atoms with Crippen molar-refractivity contribution in [1.82, 2.24) is 10.6 Å². The maximum atomic E-state index is 10.5. The number of hydrogen-bond acceptors (Lipinski definition) is 2. The molecule has 0 bridgehead atoms. The van der Waals surface area contributed by atoms with Crippen molar-refractivity contribution < 1.29 is 5.11 Å². The first-order valence-corrected chi connectivity index (χ1v) is 7.42. The van der Waals surface area contributed by atoms with Crippen LogP contribution in [0.5, 0.6) is 0 Å².